The Kier molecular flexibility index (Phi) is 4.09. The lowest BCUT2D eigenvalue weighted by Crippen LogP contribution is -2.43. The monoisotopic (exact) mass is 239 g/mol. The highest BCUT2D eigenvalue weighted by Crippen LogP contribution is 2.18. The molecule has 0 aliphatic rings. The van der Waals surface area contributed by atoms with Crippen molar-refractivity contribution < 1.29 is 20.1 Å². The summed E-state index contributed by atoms with van der Waals surface area (Å²) in [4.78, 5) is 11.7. The van der Waals surface area contributed by atoms with E-state index in [2.05, 4.69) is 5.32 Å². The third kappa shape index (κ3) is 3.72. The molecule has 1 amide bonds. The number of phenols is 1. The van der Waals surface area contributed by atoms with Gasteiger partial charge in [0.05, 0.1) is 12.2 Å². The molecule has 0 aromatic heterocycles. The van der Waals surface area contributed by atoms with Gasteiger partial charge < -0.3 is 20.6 Å². The van der Waals surface area contributed by atoms with Gasteiger partial charge in [-0.05, 0) is 26.0 Å². The zero-order chi connectivity index (χ0) is 13.1. The minimum absolute atomic E-state index is 0.0876. The molecule has 5 heteroatoms. The number of aliphatic hydroxyl groups excluding tert-OH is 1. The van der Waals surface area contributed by atoms with Crippen molar-refractivity contribution in [3.8, 4) is 5.75 Å². The Labute approximate surface area is 99.7 Å². The third-order valence-corrected chi connectivity index (χ3v) is 2.37. The summed E-state index contributed by atoms with van der Waals surface area (Å²) in [6.07, 6.45) is 0. The number of rotatable bonds is 4. The number of hydrogen-bond acceptors (Lipinski definition) is 4. The molecule has 0 fully saturated rings. The summed E-state index contributed by atoms with van der Waals surface area (Å²) >= 11 is 0. The van der Waals surface area contributed by atoms with Gasteiger partial charge in [0.1, 0.15) is 11.4 Å². The summed E-state index contributed by atoms with van der Waals surface area (Å²) < 4.78 is 0. The fourth-order valence-electron chi connectivity index (χ4n) is 1.25. The fourth-order valence-corrected chi connectivity index (χ4v) is 1.25. The molecule has 0 aliphatic heterocycles. The maximum Gasteiger partial charge on any atom is 0.255 e. The predicted molar refractivity (Wildman–Crippen MR) is 62.9 cm³/mol. The normalized spacial score (nSPS) is 14.1. The summed E-state index contributed by atoms with van der Waals surface area (Å²) in [7, 11) is 0. The van der Waals surface area contributed by atoms with E-state index >= 15 is 0 Å². The van der Waals surface area contributed by atoms with Crippen molar-refractivity contribution in [3.63, 3.8) is 0 Å². The van der Waals surface area contributed by atoms with E-state index in [4.69, 9.17) is 5.11 Å². The maximum atomic E-state index is 11.7. The number of carbonyl (C=O) groups is 1. The molecule has 0 saturated carbocycles. The molecule has 17 heavy (non-hydrogen) atoms. The van der Waals surface area contributed by atoms with Gasteiger partial charge in [0.15, 0.2) is 0 Å². The average molecular weight is 239 g/mol. The summed E-state index contributed by atoms with van der Waals surface area (Å²) in [5.74, 6) is -0.600. The van der Waals surface area contributed by atoms with Crippen molar-refractivity contribution >= 4 is 5.91 Å². The highest BCUT2D eigenvalue weighted by Gasteiger charge is 2.21. The zero-order valence-electron chi connectivity index (χ0n) is 9.90. The van der Waals surface area contributed by atoms with Gasteiger partial charge in [-0.25, -0.2) is 0 Å². The lowest BCUT2D eigenvalue weighted by molar-refractivity contribution is 0.00318. The van der Waals surface area contributed by atoms with Crippen molar-refractivity contribution in [3.05, 3.63) is 29.3 Å². The van der Waals surface area contributed by atoms with E-state index in [1.807, 2.05) is 0 Å². The van der Waals surface area contributed by atoms with Crippen molar-refractivity contribution in [2.75, 3.05) is 13.2 Å². The second-order valence-corrected chi connectivity index (χ2v) is 4.36. The first-order valence-corrected chi connectivity index (χ1v) is 5.27. The third-order valence-electron chi connectivity index (χ3n) is 2.37. The van der Waals surface area contributed by atoms with Crippen molar-refractivity contribution in [2.45, 2.75) is 19.4 Å². The van der Waals surface area contributed by atoms with E-state index in [0.29, 0.717) is 0 Å². The van der Waals surface area contributed by atoms with Gasteiger partial charge in [0, 0.05) is 6.54 Å². The van der Waals surface area contributed by atoms with Gasteiger partial charge in [0.2, 0.25) is 0 Å². The summed E-state index contributed by atoms with van der Waals surface area (Å²) in [5.41, 5.74) is -0.365. The largest absolute Gasteiger partial charge is 0.507 e. The first-order chi connectivity index (χ1) is 7.85. The van der Waals surface area contributed by atoms with Crippen LogP contribution < -0.4 is 5.32 Å². The molecular formula is C12H17NO4. The number of amides is 1. The Morgan fingerprint density at radius 3 is 2.71 bits per heavy atom. The van der Waals surface area contributed by atoms with E-state index < -0.39 is 18.1 Å². The molecule has 0 spiro atoms. The molecule has 1 aromatic carbocycles. The molecule has 0 saturated heterocycles. The Hall–Kier alpha value is -1.59. The predicted octanol–water partition coefficient (Wildman–Crippen LogP) is 0.174. The Morgan fingerprint density at radius 2 is 2.12 bits per heavy atom. The first kappa shape index (κ1) is 13.5. The van der Waals surface area contributed by atoms with Crippen LogP contribution in [0.15, 0.2) is 18.2 Å². The molecule has 1 aromatic rings. The molecular weight excluding hydrogens is 222 g/mol. The number of phenolic OH excluding ortho intramolecular Hbond substituents is 1. The molecule has 1 rings (SSSR count). The number of hydrogen-bond donors (Lipinski definition) is 4. The Morgan fingerprint density at radius 1 is 1.47 bits per heavy atom. The molecule has 94 valence electrons. The van der Waals surface area contributed by atoms with Crippen LogP contribution in [0.25, 0.3) is 0 Å². The topological polar surface area (TPSA) is 89.8 Å². The van der Waals surface area contributed by atoms with Crippen molar-refractivity contribution in [1.29, 1.82) is 0 Å². The van der Waals surface area contributed by atoms with E-state index in [9.17, 15) is 15.0 Å². The number of aliphatic hydroxyl groups is 2. The smallest absolute Gasteiger partial charge is 0.255 e. The summed E-state index contributed by atoms with van der Waals surface area (Å²) in [5, 5.41) is 30.3. The SMILES string of the molecule is Cc1ccc(O)c(C(=O)NCC(C)(O)CO)c1. The van der Waals surface area contributed by atoms with Gasteiger partial charge in [-0.3, -0.25) is 4.79 Å². The number of aryl methyl sites for hydroxylation is 1. The zero-order valence-corrected chi connectivity index (χ0v) is 9.90. The highest BCUT2D eigenvalue weighted by molar-refractivity contribution is 5.97. The second-order valence-electron chi connectivity index (χ2n) is 4.36. The molecule has 0 radical (unpaired) electrons. The van der Waals surface area contributed by atoms with Crippen LogP contribution in [-0.2, 0) is 0 Å². The van der Waals surface area contributed by atoms with Crippen LogP contribution in [-0.4, -0.2) is 40.0 Å². The van der Waals surface area contributed by atoms with Gasteiger partial charge in [-0.15, -0.1) is 0 Å². The van der Waals surface area contributed by atoms with Crippen molar-refractivity contribution in [2.24, 2.45) is 0 Å². The van der Waals surface area contributed by atoms with E-state index in [1.165, 1.54) is 13.0 Å². The van der Waals surface area contributed by atoms with Crippen LogP contribution in [0.5, 0.6) is 5.75 Å². The van der Waals surface area contributed by atoms with Gasteiger partial charge in [0.25, 0.3) is 5.91 Å². The van der Waals surface area contributed by atoms with Crippen LogP contribution in [0.2, 0.25) is 0 Å². The number of benzene rings is 1. The van der Waals surface area contributed by atoms with Crippen LogP contribution in [0.4, 0.5) is 0 Å². The first-order valence-electron chi connectivity index (χ1n) is 5.27. The highest BCUT2D eigenvalue weighted by atomic mass is 16.3. The van der Waals surface area contributed by atoms with Crippen molar-refractivity contribution in [1.82, 2.24) is 5.32 Å². The molecule has 0 bridgehead atoms. The second kappa shape index (κ2) is 5.16. The summed E-state index contributed by atoms with van der Waals surface area (Å²) in [6.45, 7) is 2.67. The molecule has 1 atom stereocenters. The van der Waals surface area contributed by atoms with E-state index in [1.54, 1.807) is 19.1 Å². The number of nitrogens with one attached hydrogen (secondary N) is 1. The molecule has 0 heterocycles. The number of aromatic hydroxyl groups is 1. The minimum atomic E-state index is -1.37. The Bertz CT molecular complexity index is 415. The quantitative estimate of drug-likeness (QED) is 0.603. The lowest BCUT2D eigenvalue weighted by Gasteiger charge is -2.20. The van der Waals surface area contributed by atoms with Crippen LogP contribution >= 0.6 is 0 Å². The minimum Gasteiger partial charge on any atom is -0.507 e. The molecule has 5 nitrogen and oxygen atoms in total. The molecule has 1 unspecified atom stereocenters. The Balaban J connectivity index is 2.74. The van der Waals surface area contributed by atoms with Gasteiger partial charge in [-0.2, -0.15) is 0 Å². The maximum absolute atomic E-state index is 11.7. The summed E-state index contributed by atoms with van der Waals surface area (Å²) in [6, 6.07) is 4.68. The fraction of sp³-hybridized carbons (Fsp3) is 0.417. The van der Waals surface area contributed by atoms with Crippen LogP contribution in [0.3, 0.4) is 0 Å². The van der Waals surface area contributed by atoms with E-state index in [-0.39, 0.29) is 17.9 Å². The standard InChI is InChI=1S/C12H17NO4/c1-8-3-4-10(15)9(5-8)11(16)13-6-12(2,17)7-14/h3-5,14-15,17H,6-7H2,1-2H3,(H,13,16). The van der Waals surface area contributed by atoms with Crippen LogP contribution in [0, 0.1) is 6.92 Å². The number of carbonyl (C=O) groups excluding carboxylic acids is 1. The molecule has 4 N–H and O–H groups in total. The van der Waals surface area contributed by atoms with E-state index in [0.717, 1.165) is 5.56 Å². The van der Waals surface area contributed by atoms with Gasteiger partial charge in [-0.1, -0.05) is 11.6 Å². The van der Waals surface area contributed by atoms with Crippen LogP contribution in [0.1, 0.15) is 22.8 Å². The average Bonchev–Trinajstić information content (AvgIpc) is 2.29. The lowest BCUT2D eigenvalue weighted by atomic mass is 10.1. The van der Waals surface area contributed by atoms with Gasteiger partial charge >= 0.3 is 0 Å². The molecule has 0 aliphatic carbocycles.